The molecule has 0 saturated heterocycles. The molecule has 0 spiro atoms. The number of hydrogen-bond donors (Lipinski definition) is 0. The highest BCUT2D eigenvalue weighted by molar-refractivity contribution is 5.68. The van der Waals surface area contributed by atoms with Gasteiger partial charge < -0.3 is 9.47 Å². The van der Waals surface area contributed by atoms with Crippen molar-refractivity contribution in [2.75, 3.05) is 7.11 Å². The number of methoxy groups -OCH3 is 1. The van der Waals surface area contributed by atoms with Gasteiger partial charge in [-0.2, -0.15) is 0 Å². The standard InChI is InChI=1S/C24H24O2/c1-17-20(11-7-12-22(17)18-8-4-3-5-9-18)16-26-24-15-21(25-2)14-19-10-6-13-23(19)24/h3-5,7-9,11-12,14-15H,6,10,13,16H2,1-2H3. The second kappa shape index (κ2) is 7.25. The lowest BCUT2D eigenvalue weighted by atomic mass is 9.97. The maximum Gasteiger partial charge on any atom is 0.126 e. The van der Waals surface area contributed by atoms with Crippen LogP contribution in [-0.2, 0) is 19.4 Å². The van der Waals surface area contributed by atoms with Gasteiger partial charge in [0.1, 0.15) is 18.1 Å². The van der Waals surface area contributed by atoms with Gasteiger partial charge in [-0.3, -0.25) is 0 Å². The summed E-state index contributed by atoms with van der Waals surface area (Å²) >= 11 is 0. The van der Waals surface area contributed by atoms with Crippen LogP contribution in [0, 0.1) is 6.92 Å². The van der Waals surface area contributed by atoms with Crippen LogP contribution in [0.4, 0.5) is 0 Å². The number of benzene rings is 3. The van der Waals surface area contributed by atoms with Gasteiger partial charge in [-0.1, -0.05) is 48.5 Å². The molecule has 0 aliphatic heterocycles. The van der Waals surface area contributed by atoms with Crippen molar-refractivity contribution < 1.29 is 9.47 Å². The lowest BCUT2D eigenvalue weighted by Crippen LogP contribution is -2.02. The van der Waals surface area contributed by atoms with E-state index >= 15 is 0 Å². The predicted molar refractivity (Wildman–Crippen MR) is 106 cm³/mol. The lowest BCUT2D eigenvalue weighted by Gasteiger charge is -2.16. The fraction of sp³-hybridized carbons (Fsp3) is 0.250. The second-order valence-corrected chi connectivity index (χ2v) is 6.86. The van der Waals surface area contributed by atoms with E-state index in [1.807, 2.05) is 6.07 Å². The van der Waals surface area contributed by atoms with Crippen LogP contribution in [0.5, 0.6) is 11.5 Å². The van der Waals surface area contributed by atoms with Gasteiger partial charge in [-0.25, -0.2) is 0 Å². The van der Waals surface area contributed by atoms with E-state index in [1.165, 1.54) is 39.8 Å². The summed E-state index contributed by atoms with van der Waals surface area (Å²) in [6.07, 6.45) is 3.41. The summed E-state index contributed by atoms with van der Waals surface area (Å²) in [5, 5.41) is 0. The summed E-state index contributed by atoms with van der Waals surface area (Å²) in [5.41, 5.74) is 7.73. The van der Waals surface area contributed by atoms with Crippen LogP contribution in [0.15, 0.2) is 60.7 Å². The molecule has 3 aromatic carbocycles. The molecular formula is C24H24O2. The highest BCUT2D eigenvalue weighted by Crippen LogP contribution is 2.36. The number of fused-ring (bicyclic) bond motifs is 1. The first kappa shape index (κ1) is 16.7. The Labute approximate surface area is 155 Å². The van der Waals surface area contributed by atoms with Crippen LogP contribution < -0.4 is 9.47 Å². The lowest BCUT2D eigenvalue weighted by molar-refractivity contribution is 0.300. The molecule has 0 fully saturated rings. The molecule has 0 radical (unpaired) electrons. The Hall–Kier alpha value is -2.74. The van der Waals surface area contributed by atoms with Crippen molar-refractivity contribution in [1.82, 2.24) is 0 Å². The summed E-state index contributed by atoms with van der Waals surface area (Å²) in [4.78, 5) is 0. The zero-order valence-electron chi connectivity index (χ0n) is 15.4. The molecule has 0 unspecified atom stereocenters. The van der Waals surface area contributed by atoms with Crippen molar-refractivity contribution >= 4 is 0 Å². The molecule has 2 heteroatoms. The van der Waals surface area contributed by atoms with Gasteiger partial charge in [0.15, 0.2) is 0 Å². The fourth-order valence-electron chi connectivity index (χ4n) is 3.81. The molecule has 0 amide bonds. The van der Waals surface area contributed by atoms with Gasteiger partial charge in [0, 0.05) is 6.07 Å². The van der Waals surface area contributed by atoms with E-state index in [2.05, 4.69) is 61.5 Å². The van der Waals surface area contributed by atoms with Crippen molar-refractivity contribution in [2.24, 2.45) is 0 Å². The van der Waals surface area contributed by atoms with Gasteiger partial charge in [0.2, 0.25) is 0 Å². The van der Waals surface area contributed by atoms with E-state index in [-0.39, 0.29) is 0 Å². The Bertz CT molecular complexity index is 913. The minimum Gasteiger partial charge on any atom is -0.497 e. The monoisotopic (exact) mass is 344 g/mol. The normalized spacial score (nSPS) is 12.7. The Kier molecular flexibility index (Phi) is 4.66. The van der Waals surface area contributed by atoms with Gasteiger partial charge in [-0.15, -0.1) is 0 Å². The first-order chi connectivity index (χ1) is 12.8. The van der Waals surface area contributed by atoms with E-state index in [0.717, 1.165) is 24.3 Å². The summed E-state index contributed by atoms with van der Waals surface area (Å²) in [6, 6.07) is 21.1. The van der Waals surface area contributed by atoms with Gasteiger partial charge in [-0.05, 0) is 65.6 Å². The number of ether oxygens (including phenoxy) is 2. The fourth-order valence-corrected chi connectivity index (χ4v) is 3.81. The third-order valence-electron chi connectivity index (χ3n) is 5.30. The van der Waals surface area contributed by atoms with Gasteiger partial charge >= 0.3 is 0 Å². The quantitative estimate of drug-likeness (QED) is 0.588. The summed E-state index contributed by atoms with van der Waals surface area (Å²) < 4.78 is 11.7. The number of aryl methyl sites for hydroxylation is 1. The number of rotatable bonds is 5. The molecule has 0 N–H and O–H groups in total. The van der Waals surface area contributed by atoms with Crippen molar-refractivity contribution in [2.45, 2.75) is 32.8 Å². The molecule has 1 aliphatic rings. The van der Waals surface area contributed by atoms with Gasteiger partial charge in [0.05, 0.1) is 7.11 Å². The Balaban J connectivity index is 1.61. The minimum absolute atomic E-state index is 0.576. The molecular weight excluding hydrogens is 320 g/mol. The van der Waals surface area contributed by atoms with Crippen LogP contribution in [0.3, 0.4) is 0 Å². The largest absolute Gasteiger partial charge is 0.497 e. The van der Waals surface area contributed by atoms with E-state index in [1.54, 1.807) is 7.11 Å². The molecule has 0 aromatic heterocycles. The molecule has 0 bridgehead atoms. The van der Waals surface area contributed by atoms with Crippen molar-refractivity contribution in [3.05, 3.63) is 82.9 Å². The molecule has 132 valence electrons. The van der Waals surface area contributed by atoms with E-state index in [9.17, 15) is 0 Å². The smallest absolute Gasteiger partial charge is 0.126 e. The molecule has 0 heterocycles. The highest BCUT2D eigenvalue weighted by atomic mass is 16.5. The Morgan fingerprint density at radius 3 is 2.58 bits per heavy atom. The first-order valence-corrected chi connectivity index (χ1v) is 9.23. The van der Waals surface area contributed by atoms with Crippen LogP contribution in [-0.4, -0.2) is 7.11 Å². The van der Waals surface area contributed by atoms with E-state index < -0.39 is 0 Å². The van der Waals surface area contributed by atoms with Crippen molar-refractivity contribution in [3.8, 4) is 22.6 Å². The Morgan fingerprint density at radius 1 is 0.923 bits per heavy atom. The molecule has 26 heavy (non-hydrogen) atoms. The van der Waals surface area contributed by atoms with E-state index in [4.69, 9.17) is 9.47 Å². The maximum atomic E-state index is 6.27. The highest BCUT2D eigenvalue weighted by Gasteiger charge is 2.18. The number of hydrogen-bond acceptors (Lipinski definition) is 2. The average Bonchev–Trinajstić information content (AvgIpc) is 3.16. The second-order valence-electron chi connectivity index (χ2n) is 6.86. The van der Waals surface area contributed by atoms with Crippen LogP contribution in [0.25, 0.3) is 11.1 Å². The Morgan fingerprint density at radius 2 is 1.77 bits per heavy atom. The molecule has 4 rings (SSSR count). The minimum atomic E-state index is 0.576. The van der Waals surface area contributed by atoms with Crippen LogP contribution >= 0.6 is 0 Å². The third-order valence-corrected chi connectivity index (χ3v) is 5.30. The molecule has 1 aliphatic carbocycles. The van der Waals surface area contributed by atoms with Crippen molar-refractivity contribution in [3.63, 3.8) is 0 Å². The predicted octanol–water partition coefficient (Wildman–Crippen LogP) is 5.74. The SMILES string of the molecule is COc1cc2c(c(OCc3cccc(-c4ccccc4)c3C)c1)CCC2. The van der Waals surface area contributed by atoms with Gasteiger partial charge in [0.25, 0.3) is 0 Å². The van der Waals surface area contributed by atoms with Crippen molar-refractivity contribution in [1.29, 1.82) is 0 Å². The molecule has 0 saturated carbocycles. The zero-order valence-corrected chi connectivity index (χ0v) is 15.4. The summed E-state index contributed by atoms with van der Waals surface area (Å²) in [7, 11) is 1.72. The summed E-state index contributed by atoms with van der Waals surface area (Å²) in [5.74, 6) is 1.86. The third kappa shape index (κ3) is 3.20. The first-order valence-electron chi connectivity index (χ1n) is 9.23. The average molecular weight is 344 g/mol. The zero-order chi connectivity index (χ0) is 17.9. The molecule has 2 nitrogen and oxygen atoms in total. The topological polar surface area (TPSA) is 18.5 Å². The van der Waals surface area contributed by atoms with Crippen LogP contribution in [0.2, 0.25) is 0 Å². The summed E-state index contributed by atoms with van der Waals surface area (Å²) in [6.45, 7) is 2.75. The van der Waals surface area contributed by atoms with E-state index in [0.29, 0.717) is 6.61 Å². The van der Waals surface area contributed by atoms with Crippen LogP contribution in [0.1, 0.15) is 28.7 Å². The maximum absolute atomic E-state index is 6.27. The molecule has 3 aromatic rings. The molecule has 0 atom stereocenters.